The number of pyridine rings is 1. The van der Waals surface area contributed by atoms with Gasteiger partial charge in [-0.15, -0.1) is 0 Å². The Bertz CT molecular complexity index is 1170. The molecule has 3 aromatic rings. The van der Waals surface area contributed by atoms with Crippen molar-refractivity contribution in [3.63, 3.8) is 0 Å². The number of anilines is 1. The zero-order chi connectivity index (χ0) is 22.0. The van der Waals surface area contributed by atoms with Crippen molar-refractivity contribution in [2.45, 2.75) is 40.7 Å². The zero-order valence-corrected chi connectivity index (χ0v) is 20.6. The van der Waals surface area contributed by atoms with Crippen molar-refractivity contribution in [2.75, 3.05) is 5.32 Å². The van der Waals surface area contributed by atoms with E-state index in [1.807, 2.05) is 74.7 Å². The second kappa shape index (κ2) is 9.31. The van der Waals surface area contributed by atoms with E-state index >= 15 is 0 Å². The first-order valence-corrected chi connectivity index (χ1v) is 11.4. The number of amides is 1. The summed E-state index contributed by atoms with van der Waals surface area (Å²) in [6.07, 6.45) is 0.769. The lowest BCUT2D eigenvalue weighted by atomic mass is 10.0. The Hall–Kier alpha value is -2.18. The summed E-state index contributed by atoms with van der Waals surface area (Å²) in [5.41, 5.74) is 5.14. The number of aryl methyl sites for hydroxylation is 2. The summed E-state index contributed by atoms with van der Waals surface area (Å²) >= 11 is 6.92. The van der Waals surface area contributed by atoms with Gasteiger partial charge in [0.05, 0.1) is 4.47 Å². The van der Waals surface area contributed by atoms with Crippen molar-refractivity contribution in [1.29, 1.82) is 0 Å². The van der Waals surface area contributed by atoms with Gasteiger partial charge in [0.1, 0.15) is 5.56 Å². The van der Waals surface area contributed by atoms with E-state index in [4.69, 9.17) is 0 Å². The van der Waals surface area contributed by atoms with E-state index in [9.17, 15) is 9.59 Å². The first-order chi connectivity index (χ1) is 14.2. The maximum atomic E-state index is 13.3. The highest BCUT2D eigenvalue weighted by atomic mass is 79.9. The predicted molar refractivity (Wildman–Crippen MR) is 130 cm³/mol. The van der Waals surface area contributed by atoms with Gasteiger partial charge in [-0.3, -0.25) is 9.59 Å². The Labute approximate surface area is 193 Å². The second-order valence-corrected chi connectivity index (χ2v) is 9.03. The molecule has 3 rings (SSSR count). The van der Waals surface area contributed by atoms with Gasteiger partial charge in [-0.05, 0) is 71.9 Å². The number of carbonyl (C=O) groups is 1. The van der Waals surface area contributed by atoms with Crippen LogP contribution in [0, 0.1) is 20.8 Å². The molecule has 0 unspecified atom stereocenters. The minimum atomic E-state index is -0.389. The van der Waals surface area contributed by atoms with E-state index in [2.05, 4.69) is 37.2 Å². The van der Waals surface area contributed by atoms with Gasteiger partial charge < -0.3 is 9.88 Å². The maximum Gasteiger partial charge on any atom is 0.261 e. The molecule has 1 heterocycles. The molecule has 0 atom stereocenters. The monoisotopic (exact) mass is 530 g/mol. The van der Waals surface area contributed by atoms with Crippen LogP contribution in [-0.4, -0.2) is 10.5 Å². The molecule has 1 amide bonds. The number of nitrogens with one attached hydrogen (secondary N) is 1. The number of hydrogen-bond acceptors (Lipinski definition) is 2. The second-order valence-electron chi connectivity index (χ2n) is 7.33. The molecule has 4 nitrogen and oxygen atoms in total. The predicted octanol–water partition coefficient (Wildman–Crippen LogP) is 6.16. The molecule has 0 saturated heterocycles. The number of halogens is 2. The standard InChI is InChI=1S/C24H24Br2N2O2/c1-5-18-12-19(25)11-14(2)22(18)27-24(30)20-15(3)28(16(4)21(26)23(20)29)13-17-9-7-6-8-10-17/h6-12H,5,13H2,1-4H3,(H,27,30). The topological polar surface area (TPSA) is 51.1 Å². The van der Waals surface area contributed by atoms with Crippen molar-refractivity contribution >= 4 is 43.5 Å². The Kier molecular flexibility index (Phi) is 6.98. The average Bonchev–Trinajstić information content (AvgIpc) is 2.72. The van der Waals surface area contributed by atoms with Crippen molar-refractivity contribution in [2.24, 2.45) is 0 Å². The Morgan fingerprint density at radius 2 is 1.70 bits per heavy atom. The molecule has 1 aromatic heterocycles. The molecule has 1 N–H and O–H groups in total. The molecule has 156 valence electrons. The highest BCUT2D eigenvalue weighted by molar-refractivity contribution is 9.10. The Morgan fingerprint density at radius 3 is 2.33 bits per heavy atom. The van der Waals surface area contributed by atoms with Gasteiger partial charge in [-0.25, -0.2) is 0 Å². The van der Waals surface area contributed by atoms with Crippen LogP contribution in [0.2, 0.25) is 0 Å². The molecule has 0 radical (unpaired) electrons. The van der Waals surface area contributed by atoms with Crippen LogP contribution in [0.15, 0.2) is 56.2 Å². The largest absolute Gasteiger partial charge is 0.343 e. The molecular weight excluding hydrogens is 508 g/mol. The summed E-state index contributed by atoms with van der Waals surface area (Å²) in [5.74, 6) is -0.389. The number of nitrogens with zero attached hydrogens (tertiary/aromatic N) is 1. The third-order valence-corrected chi connectivity index (χ3v) is 6.72. The summed E-state index contributed by atoms with van der Waals surface area (Å²) in [6, 6.07) is 13.9. The Balaban J connectivity index is 2.08. The molecule has 2 aromatic carbocycles. The van der Waals surface area contributed by atoms with Gasteiger partial charge in [0.15, 0.2) is 0 Å². The lowest BCUT2D eigenvalue weighted by Gasteiger charge is -2.20. The molecule has 0 aliphatic carbocycles. The fraction of sp³-hybridized carbons (Fsp3) is 0.250. The maximum absolute atomic E-state index is 13.3. The van der Waals surface area contributed by atoms with E-state index in [0.717, 1.165) is 39.0 Å². The number of rotatable bonds is 5. The van der Waals surface area contributed by atoms with Gasteiger partial charge in [0, 0.05) is 28.1 Å². The summed E-state index contributed by atoms with van der Waals surface area (Å²) in [7, 11) is 0. The Morgan fingerprint density at radius 1 is 1.03 bits per heavy atom. The van der Waals surface area contributed by atoms with Crippen LogP contribution in [0.25, 0.3) is 0 Å². The van der Waals surface area contributed by atoms with E-state index in [1.54, 1.807) is 0 Å². The lowest BCUT2D eigenvalue weighted by molar-refractivity contribution is 0.102. The number of benzene rings is 2. The SMILES string of the molecule is CCc1cc(Br)cc(C)c1NC(=O)c1c(C)n(Cc2ccccc2)c(C)c(Br)c1=O. The first-order valence-electron chi connectivity index (χ1n) is 9.78. The highest BCUT2D eigenvalue weighted by Crippen LogP contribution is 2.27. The van der Waals surface area contributed by atoms with Crippen LogP contribution in [0.3, 0.4) is 0 Å². The van der Waals surface area contributed by atoms with Gasteiger partial charge in [0.2, 0.25) is 5.43 Å². The first kappa shape index (κ1) is 22.5. The lowest BCUT2D eigenvalue weighted by Crippen LogP contribution is -2.29. The summed E-state index contributed by atoms with van der Waals surface area (Å²) < 4.78 is 3.39. The van der Waals surface area contributed by atoms with Crippen molar-refractivity contribution in [1.82, 2.24) is 4.57 Å². The van der Waals surface area contributed by atoms with Crippen molar-refractivity contribution < 1.29 is 4.79 Å². The summed E-state index contributed by atoms with van der Waals surface area (Å²) in [6.45, 7) is 8.28. The van der Waals surface area contributed by atoms with Crippen molar-refractivity contribution in [3.8, 4) is 0 Å². The molecule has 30 heavy (non-hydrogen) atoms. The molecule has 0 fully saturated rings. The van der Waals surface area contributed by atoms with E-state index in [1.165, 1.54) is 0 Å². The van der Waals surface area contributed by atoms with Crippen LogP contribution in [0.4, 0.5) is 5.69 Å². The molecule has 0 aliphatic heterocycles. The van der Waals surface area contributed by atoms with Crippen LogP contribution in [-0.2, 0) is 13.0 Å². The van der Waals surface area contributed by atoms with Gasteiger partial charge in [0.25, 0.3) is 5.91 Å². The summed E-state index contributed by atoms with van der Waals surface area (Å²) in [5, 5.41) is 3.00. The van der Waals surface area contributed by atoms with E-state index in [-0.39, 0.29) is 16.9 Å². The molecule has 0 spiro atoms. The summed E-state index contributed by atoms with van der Waals surface area (Å²) in [4.78, 5) is 26.3. The van der Waals surface area contributed by atoms with Crippen LogP contribution >= 0.6 is 31.9 Å². The third-order valence-electron chi connectivity index (χ3n) is 5.33. The molecule has 0 bridgehead atoms. The average molecular weight is 532 g/mol. The van der Waals surface area contributed by atoms with Gasteiger partial charge in [-0.1, -0.05) is 53.2 Å². The minimum Gasteiger partial charge on any atom is -0.343 e. The van der Waals surface area contributed by atoms with Gasteiger partial charge in [-0.2, -0.15) is 0 Å². The highest BCUT2D eigenvalue weighted by Gasteiger charge is 2.22. The van der Waals surface area contributed by atoms with Crippen LogP contribution < -0.4 is 10.7 Å². The van der Waals surface area contributed by atoms with Crippen molar-refractivity contribution in [3.05, 3.63) is 95.3 Å². The van der Waals surface area contributed by atoms with Crippen LogP contribution in [0.5, 0.6) is 0 Å². The molecule has 6 heteroatoms. The number of carbonyl (C=O) groups excluding carboxylic acids is 1. The number of aromatic nitrogens is 1. The fourth-order valence-corrected chi connectivity index (χ4v) is 4.69. The zero-order valence-electron chi connectivity index (χ0n) is 17.5. The van der Waals surface area contributed by atoms with E-state index in [0.29, 0.717) is 16.7 Å². The minimum absolute atomic E-state index is 0.160. The fourth-order valence-electron chi connectivity index (χ4n) is 3.66. The van der Waals surface area contributed by atoms with Gasteiger partial charge >= 0.3 is 0 Å². The number of hydrogen-bond donors (Lipinski definition) is 1. The smallest absolute Gasteiger partial charge is 0.261 e. The third kappa shape index (κ3) is 4.44. The molecule has 0 aliphatic rings. The van der Waals surface area contributed by atoms with Crippen LogP contribution in [0.1, 0.15) is 45.4 Å². The quantitative estimate of drug-likeness (QED) is 0.428. The molecule has 0 saturated carbocycles. The molecular formula is C24H24Br2N2O2. The normalized spacial score (nSPS) is 10.9. The van der Waals surface area contributed by atoms with E-state index < -0.39 is 0 Å².